The van der Waals surface area contributed by atoms with Crippen LogP contribution >= 0.6 is 0 Å². The van der Waals surface area contributed by atoms with Crippen molar-refractivity contribution < 1.29 is 90.8 Å². The molecule has 0 radical (unpaired) electrons. The van der Waals surface area contributed by atoms with E-state index in [2.05, 4.69) is 47.9 Å². The van der Waals surface area contributed by atoms with Gasteiger partial charge in [0.1, 0.15) is 31.2 Å². The molecule has 488 valence electrons. The zero-order valence-corrected chi connectivity index (χ0v) is 50.3. The maximum atomic E-state index is 13.3. The minimum Gasteiger partial charge on any atom is -0.379 e. The molecule has 0 fully saturated rings. The average molecular weight is 1250 g/mol. The van der Waals surface area contributed by atoms with Gasteiger partial charge in [-0.3, -0.25) is 72.0 Å². The van der Waals surface area contributed by atoms with Gasteiger partial charge in [0, 0.05) is 63.9 Å². The van der Waals surface area contributed by atoms with Gasteiger partial charge in [0.25, 0.3) is 11.8 Å². The third-order valence-electron chi connectivity index (χ3n) is 12.5. The molecule has 0 unspecified atom stereocenters. The summed E-state index contributed by atoms with van der Waals surface area (Å²) in [4.78, 5) is 175. The van der Waals surface area contributed by atoms with Gasteiger partial charge in [-0.05, 0) is 37.8 Å². The quantitative estimate of drug-likeness (QED) is 0.0177. The highest BCUT2D eigenvalue weighted by atomic mass is 16.5. The molecule has 12 amide bonds. The molecular formula is C59H83N11O19. The standard InChI is InChI=1S/C59H83N11O19/c1-42(71)34-64-58(83)46(32-44-12-6-3-7-13-44)67-53(78)38-62-50(75)35-60-48(73)19-24-85-28-30-87-26-22-69(55(80)16-10-5-11-21-70-56(81)17-18-57(70)82)23-27-88-31-29-86-25-20-49(74)61-36-51(76)63-39-54(79)68-47(33-45-14-8-4-9-15-45)59(84)65-37-52(77)66-41-89-40-43(2)72/h3-4,6-9,12-15,17-18,46-47H,5,10-11,16,19-41H2,1-2H3,(H,60,73)(H,61,74)(H,62,75)(H,63,76)(H,64,83)(H,65,84)(H,66,77)(H,67,78)(H,68,79)/t46-,47-/m0/s1. The number of benzene rings is 2. The maximum absolute atomic E-state index is 13.3. The van der Waals surface area contributed by atoms with Crippen molar-refractivity contribution >= 4 is 82.5 Å². The predicted octanol–water partition coefficient (Wildman–Crippen LogP) is -3.43. The van der Waals surface area contributed by atoms with Crippen LogP contribution in [0.2, 0.25) is 0 Å². The molecule has 0 saturated carbocycles. The Morgan fingerprint density at radius 1 is 0.427 bits per heavy atom. The number of Topliss-reactive ketones (excluding diaryl/α,β-unsaturated/α-hetero) is 2. The van der Waals surface area contributed by atoms with Crippen LogP contribution in [-0.4, -0.2) is 229 Å². The number of imide groups is 1. The third kappa shape index (κ3) is 35.5. The Bertz CT molecular complexity index is 2660. The highest BCUT2D eigenvalue weighted by molar-refractivity contribution is 6.12. The van der Waals surface area contributed by atoms with Gasteiger partial charge >= 0.3 is 0 Å². The monoisotopic (exact) mass is 1250 g/mol. The molecule has 0 spiro atoms. The van der Waals surface area contributed by atoms with Crippen molar-refractivity contribution in [2.24, 2.45) is 0 Å². The van der Waals surface area contributed by atoms with Gasteiger partial charge in [0.15, 0.2) is 5.78 Å². The summed E-state index contributed by atoms with van der Waals surface area (Å²) in [5.74, 6) is -6.94. The molecule has 3 rings (SSSR count). The molecule has 0 aliphatic carbocycles. The van der Waals surface area contributed by atoms with E-state index in [0.717, 1.165) is 10.5 Å². The number of carbonyl (C=O) groups is 14. The number of rotatable bonds is 48. The smallest absolute Gasteiger partial charge is 0.253 e. The van der Waals surface area contributed by atoms with E-state index in [-0.39, 0.29) is 154 Å². The van der Waals surface area contributed by atoms with E-state index in [4.69, 9.17) is 23.7 Å². The molecule has 2 aromatic rings. The summed E-state index contributed by atoms with van der Waals surface area (Å²) in [7, 11) is 0. The lowest BCUT2D eigenvalue weighted by Gasteiger charge is -2.23. The van der Waals surface area contributed by atoms with Crippen LogP contribution in [0.4, 0.5) is 0 Å². The molecule has 30 nitrogen and oxygen atoms in total. The van der Waals surface area contributed by atoms with Crippen LogP contribution in [0.3, 0.4) is 0 Å². The molecule has 1 aliphatic rings. The third-order valence-corrected chi connectivity index (χ3v) is 12.5. The second-order valence-corrected chi connectivity index (χ2v) is 20.0. The number of nitrogens with zero attached hydrogens (tertiary/aromatic N) is 2. The zero-order chi connectivity index (χ0) is 65.0. The largest absolute Gasteiger partial charge is 0.379 e. The van der Waals surface area contributed by atoms with Crippen LogP contribution in [0, 0.1) is 0 Å². The van der Waals surface area contributed by atoms with Crippen molar-refractivity contribution in [1.82, 2.24) is 57.7 Å². The lowest BCUT2D eigenvalue weighted by molar-refractivity contribution is -0.137. The predicted molar refractivity (Wildman–Crippen MR) is 316 cm³/mol. The second-order valence-electron chi connectivity index (χ2n) is 20.0. The van der Waals surface area contributed by atoms with E-state index in [9.17, 15) is 67.1 Å². The summed E-state index contributed by atoms with van der Waals surface area (Å²) in [5.41, 5.74) is 1.47. The van der Waals surface area contributed by atoms with E-state index in [1.807, 2.05) is 0 Å². The Kier molecular flexibility index (Phi) is 37.3. The number of ether oxygens (including phenoxy) is 5. The molecule has 9 N–H and O–H groups in total. The van der Waals surface area contributed by atoms with E-state index >= 15 is 0 Å². The van der Waals surface area contributed by atoms with Crippen molar-refractivity contribution in [2.45, 2.75) is 77.3 Å². The summed E-state index contributed by atoms with van der Waals surface area (Å²) < 4.78 is 27.3. The van der Waals surface area contributed by atoms with Crippen molar-refractivity contribution in [1.29, 1.82) is 0 Å². The lowest BCUT2D eigenvalue weighted by atomic mass is 10.1. The van der Waals surface area contributed by atoms with E-state index in [1.165, 1.54) is 26.0 Å². The number of amides is 12. The Balaban J connectivity index is 1.30. The van der Waals surface area contributed by atoms with Gasteiger partial charge in [-0.15, -0.1) is 0 Å². The fraction of sp³-hybridized carbons (Fsp3) is 0.525. The first-order valence-electron chi connectivity index (χ1n) is 29.0. The normalized spacial score (nSPS) is 12.2. The Hall–Kier alpha value is -8.84. The summed E-state index contributed by atoms with van der Waals surface area (Å²) in [6, 6.07) is 15.6. The first kappa shape index (κ1) is 74.4. The number of nitrogens with one attached hydrogen (secondary N) is 9. The Morgan fingerprint density at radius 2 is 0.843 bits per heavy atom. The molecule has 0 saturated heterocycles. The topological polar surface area (TPSA) is 400 Å². The van der Waals surface area contributed by atoms with Gasteiger partial charge in [0.2, 0.25) is 59.1 Å². The lowest BCUT2D eigenvalue weighted by Crippen LogP contribution is -2.52. The molecule has 30 heteroatoms. The summed E-state index contributed by atoms with van der Waals surface area (Å²) in [6.45, 7) is 1.11. The van der Waals surface area contributed by atoms with E-state index in [1.54, 1.807) is 65.6 Å². The van der Waals surface area contributed by atoms with E-state index in [0.29, 0.717) is 24.8 Å². The molecule has 1 heterocycles. The molecule has 0 bridgehead atoms. The molecule has 89 heavy (non-hydrogen) atoms. The van der Waals surface area contributed by atoms with Crippen LogP contribution in [0.5, 0.6) is 0 Å². The Morgan fingerprint density at radius 3 is 1.30 bits per heavy atom. The molecule has 2 aromatic carbocycles. The minimum absolute atomic E-state index is 0.00538. The van der Waals surface area contributed by atoms with Crippen LogP contribution in [0.15, 0.2) is 72.8 Å². The minimum atomic E-state index is -1.11. The molecule has 0 aromatic heterocycles. The second kappa shape index (κ2) is 44.6. The van der Waals surface area contributed by atoms with Gasteiger partial charge in [-0.1, -0.05) is 67.1 Å². The molecule has 2 atom stereocenters. The number of hydrogen-bond acceptors (Lipinski definition) is 19. The van der Waals surface area contributed by atoms with Crippen molar-refractivity contribution in [3.8, 4) is 0 Å². The maximum Gasteiger partial charge on any atom is 0.253 e. The molecule has 1 aliphatic heterocycles. The zero-order valence-electron chi connectivity index (χ0n) is 50.3. The van der Waals surface area contributed by atoms with Crippen LogP contribution < -0.4 is 47.9 Å². The van der Waals surface area contributed by atoms with Crippen LogP contribution in [0.25, 0.3) is 0 Å². The highest BCUT2D eigenvalue weighted by Crippen LogP contribution is 2.10. The summed E-state index contributed by atoms with van der Waals surface area (Å²) >= 11 is 0. The summed E-state index contributed by atoms with van der Waals surface area (Å²) in [5, 5.41) is 22.0. The van der Waals surface area contributed by atoms with Gasteiger partial charge in [0.05, 0.1) is 92.1 Å². The fourth-order valence-corrected chi connectivity index (χ4v) is 7.86. The first-order valence-corrected chi connectivity index (χ1v) is 29.0. The van der Waals surface area contributed by atoms with Gasteiger partial charge < -0.3 is 76.4 Å². The average Bonchev–Trinajstić information content (AvgIpc) is 4.07. The van der Waals surface area contributed by atoms with Gasteiger partial charge in [-0.25, -0.2) is 0 Å². The summed E-state index contributed by atoms with van der Waals surface area (Å²) in [6.07, 6.45) is 4.26. The van der Waals surface area contributed by atoms with Crippen molar-refractivity contribution in [3.05, 3.63) is 83.9 Å². The number of hydrogen-bond donors (Lipinski definition) is 9. The fourth-order valence-electron chi connectivity index (χ4n) is 7.86. The van der Waals surface area contributed by atoms with Crippen molar-refractivity contribution in [3.63, 3.8) is 0 Å². The highest BCUT2D eigenvalue weighted by Gasteiger charge is 2.25. The SMILES string of the molecule is CC(=O)CNC(=O)[C@H](Cc1ccccc1)NC(=O)CNC(=O)CNC(=O)CCOCCOCCN(CCOCCOCCC(=O)NCC(=O)NCC(=O)N[C@@H](Cc1ccccc1)C(=O)NCC(=O)NCOCC(C)=O)C(=O)CCCCCN1C(=O)C=CC1=O. The van der Waals surface area contributed by atoms with Crippen molar-refractivity contribution in [2.75, 3.05) is 125 Å². The Labute approximate surface area is 515 Å². The number of carbonyl (C=O) groups excluding carboxylic acids is 14. The van der Waals surface area contributed by atoms with Crippen LogP contribution in [0.1, 0.15) is 63.5 Å². The van der Waals surface area contributed by atoms with E-state index < -0.39 is 98.0 Å². The first-order chi connectivity index (χ1) is 42.8. The number of ketones is 2. The number of unbranched alkanes of at least 4 members (excludes halogenated alkanes) is 2. The molecular weight excluding hydrogens is 1170 g/mol. The van der Waals surface area contributed by atoms with Gasteiger partial charge in [-0.2, -0.15) is 0 Å². The van der Waals surface area contributed by atoms with Crippen LogP contribution in [-0.2, 0) is 104 Å².